The molecule has 0 aromatic carbocycles. The number of hydrogen-bond donors (Lipinski definition) is 2. The number of aliphatic hydroxyl groups is 1. The molecule has 1 aliphatic rings. The zero-order chi connectivity index (χ0) is 20.0. The van der Waals surface area contributed by atoms with Gasteiger partial charge in [-0.05, 0) is 6.42 Å². The van der Waals surface area contributed by atoms with Gasteiger partial charge in [0.2, 0.25) is 0 Å². The zero-order valence-electron chi connectivity index (χ0n) is 16.9. The lowest BCUT2D eigenvalue weighted by Crippen LogP contribution is -2.41. The Bertz CT molecular complexity index is 442. The van der Waals surface area contributed by atoms with Crippen LogP contribution in [-0.2, 0) is 18.6 Å². The highest BCUT2D eigenvalue weighted by Gasteiger charge is 2.38. The summed E-state index contributed by atoms with van der Waals surface area (Å²) in [7, 11) is -3.73. The van der Waals surface area contributed by atoms with E-state index >= 15 is 0 Å². The van der Waals surface area contributed by atoms with Crippen molar-refractivity contribution in [3.8, 4) is 0 Å². The van der Waals surface area contributed by atoms with Gasteiger partial charge in [-0.3, -0.25) is 9.36 Å². The van der Waals surface area contributed by atoms with Crippen molar-refractivity contribution in [3.63, 3.8) is 0 Å². The zero-order valence-corrected chi connectivity index (χ0v) is 17.8. The van der Waals surface area contributed by atoms with E-state index in [1.54, 1.807) is 0 Å². The topological polar surface area (TPSA) is 93.1 Å². The minimum Gasteiger partial charge on any atom is -0.459 e. The molecule has 1 heterocycles. The molecule has 1 saturated heterocycles. The third-order valence-electron chi connectivity index (χ3n) is 5.05. The van der Waals surface area contributed by atoms with Crippen LogP contribution in [0.25, 0.3) is 0 Å². The first-order chi connectivity index (χ1) is 12.9. The van der Waals surface area contributed by atoms with Crippen molar-refractivity contribution in [2.75, 3.05) is 12.8 Å². The summed E-state index contributed by atoms with van der Waals surface area (Å²) in [5.41, 5.74) is 0. The first-order valence-electron chi connectivity index (χ1n) is 10.8. The number of carbonyl (C=O) groups excluding carboxylic acids is 1. The summed E-state index contributed by atoms with van der Waals surface area (Å²) in [6, 6.07) is 0. The molecule has 1 rings (SSSR count). The van der Waals surface area contributed by atoms with Gasteiger partial charge >= 0.3 is 13.6 Å². The minimum atomic E-state index is -3.73. The molecule has 6 nitrogen and oxygen atoms in total. The Kier molecular flexibility index (Phi) is 13.3. The van der Waals surface area contributed by atoms with Crippen LogP contribution >= 0.6 is 7.60 Å². The minimum absolute atomic E-state index is 0.273. The van der Waals surface area contributed by atoms with Crippen LogP contribution in [-0.4, -0.2) is 40.9 Å². The van der Waals surface area contributed by atoms with Gasteiger partial charge in [0.05, 0.1) is 12.8 Å². The Morgan fingerprint density at radius 3 is 1.96 bits per heavy atom. The molecule has 1 fully saturated rings. The SMILES string of the molecule is CCCCCCCCCCCCCCCC(=O)O[C@H]1CP(=O)(O)OC[C@H]1O. The summed E-state index contributed by atoms with van der Waals surface area (Å²) < 4.78 is 21.3. The van der Waals surface area contributed by atoms with Gasteiger partial charge < -0.3 is 19.3 Å². The highest BCUT2D eigenvalue weighted by Crippen LogP contribution is 2.46. The second-order valence-electron chi connectivity index (χ2n) is 7.70. The van der Waals surface area contributed by atoms with E-state index in [4.69, 9.17) is 4.74 Å². The summed E-state index contributed by atoms with van der Waals surface area (Å²) in [5, 5.41) is 9.70. The monoisotopic (exact) mass is 406 g/mol. The number of unbranched alkanes of at least 4 members (excludes halogenated alkanes) is 12. The third-order valence-corrected chi connectivity index (χ3v) is 6.43. The maximum absolute atomic E-state index is 11.8. The fourth-order valence-electron chi connectivity index (χ4n) is 3.33. The molecule has 3 atom stereocenters. The van der Waals surface area contributed by atoms with Crippen LogP contribution in [0.3, 0.4) is 0 Å². The van der Waals surface area contributed by atoms with E-state index in [2.05, 4.69) is 11.4 Å². The van der Waals surface area contributed by atoms with Crippen LogP contribution in [0.4, 0.5) is 0 Å². The number of hydrogen-bond acceptors (Lipinski definition) is 5. The molecule has 0 aromatic rings. The number of carbonyl (C=O) groups is 1. The van der Waals surface area contributed by atoms with Gasteiger partial charge in [0.15, 0.2) is 0 Å². The number of ether oxygens (including phenoxy) is 1. The van der Waals surface area contributed by atoms with Gasteiger partial charge in [0.25, 0.3) is 0 Å². The lowest BCUT2D eigenvalue weighted by Gasteiger charge is -2.29. The highest BCUT2D eigenvalue weighted by molar-refractivity contribution is 7.52. The maximum atomic E-state index is 11.8. The predicted octanol–water partition coefficient (Wildman–Crippen LogP) is 4.96. The van der Waals surface area contributed by atoms with Crippen LogP contribution in [0.15, 0.2) is 0 Å². The number of esters is 1. The molecule has 0 amide bonds. The summed E-state index contributed by atoms with van der Waals surface area (Å²) in [6.07, 6.45) is 14.1. The quantitative estimate of drug-likeness (QED) is 0.227. The van der Waals surface area contributed by atoms with Gasteiger partial charge in [-0.25, -0.2) is 0 Å². The molecule has 0 saturated carbocycles. The van der Waals surface area contributed by atoms with E-state index in [1.807, 2.05) is 0 Å². The summed E-state index contributed by atoms with van der Waals surface area (Å²) in [6.45, 7) is 1.97. The van der Waals surface area contributed by atoms with Gasteiger partial charge in [-0.15, -0.1) is 0 Å². The molecular formula is C20H39O6P. The van der Waals surface area contributed by atoms with Crippen LogP contribution < -0.4 is 0 Å². The fourth-order valence-corrected chi connectivity index (χ4v) is 4.60. The highest BCUT2D eigenvalue weighted by atomic mass is 31.2. The van der Waals surface area contributed by atoms with E-state index in [9.17, 15) is 19.4 Å². The average molecular weight is 407 g/mol. The first-order valence-corrected chi connectivity index (χ1v) is 12.5. The summed E-state index contributed by atoms with van der Waals surface area (Å²) in [5.74, 6) is -0.413. The molecule has 7 heteroatoms. The van der Waals surface area contributed by atoms with Crippen LogP contribution in [0.5, 0.6) is 0 Å². The Morgan fingerprint density at radius 2 is 1.44 bits per heavy atom. The standard InChI is InChI=1S/C20H39O6P/c1-2-3-4-5-6-7-8-9-10-11-12-13-14-15-20(22)26-19-17-27(23,24)25-16-18(19)21/h18-19,21H,2-17H2,1H3,(H,23,24)/t18-,19+/m1/s1. The Hall–Kier alpha value is -0.420. The van der Waals surface area contributed by atoms with Crippen molar-refractivity contribution in [1.29, 1.82) is 0 Å². The molecule has 0 radical (unpaired) electrons. The first kappa shape index (κ1) is 24.6. The second kappa shape index (κ2) is 14.6. The molecule has 160 valence electrons. The molecule has 0 aromatic heterocycles. The number of rotatable bonds is 15. The smallest absolute Gasteiger partial charge is 0.332 e. The van der Waals surface area contributed by atoms with Crippen LogP contribution in [0.1, 0.15) is 96.8 Å². The van der Waals surface area contributed by atoms with E-state index in [1.165, 1.54) is 64.2 Å². The van der Waals surface area contributed by atoms with Gasteiger partial charge in [-0.1, -0.05) is 84.0 Å². The molecule has 2 N–H and O–H groups in total. The third kappa shape index (κ3) is 12.6. The Labute approximate surface area is 164 Å². The molecule has 27 heavy (non-hydrogen) atoms. The van der Waals surface area contributed by atoms with Gasteiger partial charge in [-0.2, -0.15) is 0 Å². The van der Waals surface area contributed by atoms with E-state index < -0.39 is 25.8 Å². The predicted molar refractivity (Wildman–Crippen MR) is 107 cm³/mol. The van der Waals surface area contributed by atoms with Crippen molar-refractivity contribution in [3.05, 3.63) is 0 Å². The number of aliphatic hydroxyl groups excluding tert-OH is 1. The van der Waals surface area contributed by atoms with E-state index in [0.717, 1.165) is 19.3 Å². The Morgan fingerprint density at radius 1 is 0.963 bits per heavy atom. The fraction of sp³-hybridized carbons (Fsp3) is 0.950. The van der Waals surface area contributed by atoms with Crippen LogP contribution in [0, 0.1) is 0 Å². The van der Waals surface area contributed by atoms with Crippen molar-refractivity contribution < 1.29 is 28.6 Å². The van der Waals surface area contributed by atoms with Crippen molar-refractivity contribution in [2.24, 2.45) is 0 Å². The van der Waals surface area contributed by atoms with Crippen molar-refractivity contribution >= 4 is 13.6 Å². The second-order valence-corrected chi connectivity index (χ2v) is 9.60. The molecular weight excluding hydrogens is 367 g/mol. The van der Waals surface area contributed by atoms with E-state index in [-0.39, 0.29) is 19.2 Å². The summed E-state index contributed by atoms with van der Waals surface area (Å²) in [4.78, 5) is 21.2. The molecule has 0 spiro atoms. The lowest BCUT2D eigenvalue weighted by atomic mass is 10.0. The normalized spacial score (nSPS) is 25.4. The van der Waals surface area contributed by atoms with Gasteiger partial charge in [0.1, 0.15) is 12.2 Å². The van der Waals surface area contributed by atoms with Crippen molar-refractivity contribution in [1.82, 2.24) is 0 Å². The lowest BCUT2D eigenvalue weighted by molar-refractivity contribution is -0.156. The Balaban J connectivity index is 1.92. The summed E-state index contributed by atoms with van der Waals surface area (Å²) >= 11 is 0. The van der Waals surface area contributed by atoms with Crippen molar-refractivity contribution in [2.45, 2.75) is 109 Å². The van der Waals surface area contributed by atoms with Crippen LogP contribution in [0.2, 0.25) is 0 Å². The average Bonchev–Trinajstić information content (AvgIpc) is 2.62. The van der Waals surface area contributed by atoms with E-state index in [0.29, 0.717) is 0 Å². The maximum Gasteiger partial charge on any atom is 0.332 e. The molecule has 1 unspecified atom stereocenters. The molecule has 1 aliphatic heterocycles. The molecule has 0 aliphatic carbocycles. The molecule has 0 bridgehead atoms. The van der Waals surface area contributed by atoms with Gasteiger partial charge in [0, 0.05) is 6.42 Å². The largest absolute Gasteiger partial charge is 0.459 e.